The summed E-state index contributed by atoms with van der Waals surface area (Å²) in [6, 6.07) is 0. The minimum Gasteiger partial charge on any atom is -0.463 e. The van der Waals surface area contributed by atoms with Crippen molar-refractivity contribution in [1.29, 1.82) is 0 Å². The fraction of sp³-hybridized carbons (Fsp3) is 0.957. The lowest BCUT2D eigenvalue weighted by molar-refractivity contribution is -0.358. The number of esters is 1. The van der Waals surface area contributed by atoms with Crippen molar-refractivity contribution in [2.45, 2.75) is 103 Å². The molecule has 2 spiro atoms. The van der Waals surface area contributed by atoms with Crippen LogP contribution in [0.5, 0.6) is 0 Å². The molecule has 5 aliphatic rings. The number of fused-ring (bicyclic) bond motifs is 4. The van der Waals surface area contributed by atoms with Crippen molar-refractivity contribution in [2.24, 2.45) is 22.7 Å². The Hall–Kier alpha value is -0.650. The fourth-order valence-electron chi connectivity index (χ4n) is 7.80. The van der Waals surface area contributed by atoms with Crippen LogP contribution in [0.2, 0.25) is 0 Å². The van der Waals surface area contributed by atoms with Gasteiger partial charge in [0.05, 0.1) is 24.7 Å². The third-order valence-electron chi connectivity index (χ3n) is 9.35. The first-order valence-corrected chi connectivity index (χ1v) is 11.2. The Labute approximate surface area is 168 Å². The van der Waals surface area contributed by atoms with Crippen LogP contribution in [0.25, 0.3) is 0 Å². The number of cyclic esters (lactones) is 1. The van der Waals surface area contributed by atoms with Gasteiger partial charge in [0, 0.05) is 10.8 Å². The summed E-state index contributed by atoms with van der Waals surface area (Å²) in [5, 5.41) is 0. The Kier molecular flexibility index (Phi) is 3.96. The molecular weight excluding hydrogens is 356 g/mol. The van der Waals surface area contributed by atoms with E-state index in [1.165, 1.54) is 6.42 Å². The van der Waals surface area contributed by atoms with Crippen molar-refractivity contribution in [1.82, 2.24) is 0 Å². The molecule has 5 rings (SSSR count). The number of rotatable bonds is 0. The minimum atomic E-state index is -0.493. The largest absolute Gasteiger partial charge is 0.463 e. The molecule has 2 saturated carbocycles. The fourth-order valence-corrected chi connectivity index (χ4v) is 7.80. The van der Waals surface area contributed by atoms with E-state index in [4.69, 9.17) is 18.9 Å². The number of carbonyl (C=O) groups excluding carboxylic acids is 1. The highest BCUT2D eigenvalue weighted by Gasteiger charge is 2.70. The van der Waals surface area contributed by atoms with Gasteiger partial charge in [-0.25, -0.2) is 0 Å². The maximum Gasteiger partial charge on any atom is 0.308 e. The Balaban J connectivity index is 1.51. The Morgan fingerprint density at radius 3 is 2.46 bits per heavy atom. The molecule has 2 aliphatic carbocycles. The summed E-state index contributed by atoms with van der Waals surface area (Å²) in [7, 11) is 0. The monoisotopic (exact) mass is 392 g/mol. The van der Waals surface area contributed by atoms with Crippen molar-refractivity contribution < 1.29 is 23.7 Å². The molecule has 5 fully saturated rings. The minimum absolute atomic E-state index is 0.0107. The van der Waals surface area contributed by atoms with Crippen molar-refractivity contribution >= 4 is 5.97 Å². The predicted molar refractivity (Wildman–Crippen MR) is 104 cm³/mol. The maximum absolute atomic E-state index is 11.9. The van der Waals surface area contributed by atoms with Gasteiger partial charge in [-0.1, -0.05) is 20.8 Å². The average Bonchev–Trinajstić information content (AvgIpc) is 3.18. The van der Waals surface area contributed by atoms with Crippen LogP contribution in [-0.2, 0) is 23.7 Å². The van der Waals surface area contributed by atoms with E-state index in [1.807, 2.05) is 13.8 Å². The third kappa shape index (κ3) is 2.39. The zero-order chi connectivity index (χ0) is 20.0. The van der Waals surface area contributed by atoms with Gasteiger partial charge < -0.3 is 18.9 Å². The standard InChI is InChI=1S/C23H36O5/c1-15-6-7-16-20(4)13-26-19(2,3)27-17(20)8-9-21(16,5)23(15)11-10-22(28-23)12-18(24)25-14-22/h15-17H,6-14H2,1-5H3/t15-,16-,17+,20+,21+,22+,23-/m1/s1. The van der Waals surface area contributed by atoms with E-state index in [-0.39, 0.29) is 28.5 Å². The molecular formula is C23H36O5. The lowest BCUT2D eigenvalue weighted by atomic mass is 9.43. The predicted octanol–water partition coefficient (Wildman–Crippen LogP) is 4.23. The van der Waals surface area contributed by atoms with Crippen LogP contribution in [0.1, 0.15) is 79.6 Å². The first kappa shape index (κ1) is 19.3. The van der Waals surface area contributed by atoms with E-state index in [2.05, 4.69) is 20.8 Å². The molecule has 3 aliphatic heterocycles. The quantitative estimate of drug-likeness (QED) is 0.578. The Bertz CT molecular complexity index is 690. The summed E-state index contributed by atoms with van der Waals surface area (Å²) in [5.41, 5.74) is -0.490. The molecule has 0 aromatic rings. The zero-order valence-corrected chi connectivity index (χ0v) is 18.1. The summed E-state index contributed by atoms with van der Waals surface area (Å²) in [6.07, 6.45) is 7.16. The molecule has 5 nitrogen and oxygen atoms in total. The highest BCUT2D eigenvalue weighted by atomic mass is 16.7. The van der Waals surface area contributed by atoms with Crippen LogP contribution in [-0.4, -0.2) is 42.3 Å². The zero-order valence-electron chi connectivity index (χ0n) is 18.1. The molecule has 3 heterocycles. The highest BCUT2D eigenvalue weighted by molar-refractivity contribution is 5.73. The van der Waals surface area contributed by atoms with E-state index in [0.717, 1.165) is 38.7 Å². The molecule has 158 valence electrons. The van der Waals surface area contributed by atoms with Crippen LogP contribution >= 0.6 is 0 Å². The first-order valence-electron chi connectivity index (χ1n) is 11.2. The molecule has 5 heteroatoms. The third-order valence-corrected chi connectivity index (χ3v) is 9.35. The smallest absolute Gasteiger partial charge is 0.308 e. The van der Waals surface area contributed by atoms with Crippen molar-refractivity contribution in [3.63, 3.8) is 0 Å². The van der Waals surface area contributed by atoms with Crippen LogP contribution in [0.15, 0.2) is 0 Å². The van der Waals surface area contributed by atoms with E-state index in [9.17, 15) is 4.79 Å². The molecule has 7 atom stereocenters. The van der Waals surface area contributed by atoms with Crippen molar-refractivity contribution in [3.05, 3.63) is 0 Å². The first-order chi connectivity index (χ1) is 13.0. The molecule has 0 amide bonds. The highest BCUT2D eigenvalue weighted by Crippen LogP contribution is 2.69. The van der Waals surface area contributed by atoms with Gasteiger partial charge in [-0.3, -0.25) is 4.79 Å². The average molecular weight is 393 g/mol. The van der Waals surface area contributed by atoms with Gasteiger partial charge in [0.2, 0.25) is 0 Å². The normalized spacial score (nSPS) is 55.2. The number of hydrogen-bond acceptors (Lipinski definition) is 5. The molecule has 0 radical (unpaired) electrons. The molecule has 0 unspecified atom stereocenters. The van der Waals surface area contributed by atoms with Crippen molar-refractivity contribution in [2.75, 3.05) is 13.2 Å². The van der Waals surface area contributed by atoms with E-state index in [0.29, 0.717) is 24.9 Å². The SMILES string of the molecule is C[C@@H]1CC[C@@H]2[C@]3(C)COC(C)(C)O[C@H]3CC[C@]2(C)[C@@]12CC[C@]1(COC(=O)C1)O2. The lowest BCUT2D eigenvalue weighted by Crippen LogP contribution is -2.68. The van der Waals surface area contributed by atoms with Gasteiger partial charge in [0.25, 0.3) is 0 Å². The van der Waals surface area contributed by atoms with E-state index < -0.39 is 11.4 Å². The summed E-state index contributed by atoms with van der Waals surface area (Å²) >= 11 is 0. The maximum atomic E-state index is 11.9. The molecule has 0 N–H and O–H groups in total. The van der Waals surface area contributed by atoms with Gasteiger partial charge in [-0.05, 0) is 64.2 Å². The number of hydrogen-bond donors (Lipinski definition) is 0. The van der Waals surface area contributed by atoms with Gasteiger partial charge in [0.15, 0.2) is 5.79 Å². The second-order valence-electron chi connectivity index (χ2n) is 11.3. The van der Waals surface area contributed by atoms with Crippen LogP contribution in [0.3, 0.4) is 0 Å². The Morgan fingerprint density at radius 1 is 0.964 bits per heavy atom. The van der Waals surface area contributed by atoms with Gasteiger partial charge in [-0.2, -0.15) is 0 Å². The second kappa shape index (κ2) is 5.73. The number of ether oxygens (including phenoxy) is 4. The van der Waals surface area contributed by atoms with E-state index in [1.54, 1.807) is 0 Å². The molecule has 0 bridgehead atoms. The van der Waals surface area contributed by atoms with E-state index >= 15 is 0 Å². The molecule has 28 heavy (non-hydrogen) atoms. The van der Waals surface area contributed by atoms with Crippen LogP contribution in [0.4, 0.5) is 0 Å². The molecule has 0 aromatic heterocycles. The van der Waals surface area contributed by atoms with Gasteiger partial charge >= 0.3 is 5.97 Å². The molecule has 0 aromatic carbocycles. The summed E-state index contributed by atoms with van der Waals surface area (Å²) in [4.78, 5) is 11.9. The van der Waals surface area contributed by atoms with Gasteiger partial charge in [-0.15, -0.1) is 0 Å². The molecule has 3 saturated heterocycles. The van der Waals surface area contributed by atoms with Crippen LogP contribution < -0.4 is 0 Å². The van der Waals surface area contributed by atoms with Crippen molar-refractivity contribution in [3.8, 4) is 0 Å². The van der Waals surface area contributed by atoms with Crippen LogP contribution in [0, 0.1) is 22.7 Å². The Morgan fingerprint density at radius 2 is 1.75 bits per heavy atom. The number of carbonyl (C=O) groups is 1. The summed E-state index contributed by atoms with van der Waals surface area (Å²) < 4.78 is 25.0. The summed E-state index contributed by atoms with van der Waals surface area (Å²) in [5.74, 6) is 0.395. The summed E-state index contributed by atoms with van der Waals surface area (Å²) in [6.45, 7) is 12.5. The second-order valence-corrected chi connectivity index (χ2v) is 11.3. The topological polar surface area (TPSA) is 54.0 Å². The lowest BCUT2D eigenvalue weighted by Gasteiger charge is -2.67. The van der Waals surface area contributed by atoms with Gasteiger partial charge in [0.1, 0.15) is 12.2 Å².